The zero-order valence-corrected chi connectivity index (χ0v) is 12.8. The Kier molecular flexibility index (Phi) is 3.50. The molecule has 7 nitrogen and oxygen atoms in total. The van der Waals surface area contributed by atoms with Gasteiger partial charge in [-0.05, 0) is 19.8 Å². The number of nitrogens with one attached hydrogen (secondary N) is 2. The lowest BCUT2D eigenvalue weighted by Gasteiger charge is -2.03. The maximum atomic E-state index is 12.4. The Bertz CT molecular complexity index is 743. The number of aryl methyl sites for hydroxylation is 2. The zero-order chi connectivity index (χ0) is 15.0. The maximum Gasteiger partial charge on any atom is 0.265 e. The van der Waals surface area contributed by atoms with Crippen molar-refractivity contribution in [3.8, 4) is 0 Å². The molecule has 1 saturated carbocycles. The Labute approximate surface area is 123 Å². The second kappa shape index (κ2) is 5.19. The lowest BCUT2D eigenvalue weighted by atomic mass is 10.4. The number of hydrogen-bond acceptors (Lipinski definition) is 5. The molecule has 0 atom stereocenters. The quantitative estimate of drug-likeness (QED) is 0.841. The van der Waals surface area contributed by atoms with Crippen molar-refractivity contribution in [3.05, 3.63) is 30.0 Å². The van der Waals surface area contributed by atoms with E-state index in [2.05, 4.69) is 15.1 Å². The van der Waals surface area contributed by atoms with Crippen LogP contribution in [0.15, 0.2) is 27.8 Å². The van der Waals surface area contributed by atoms with E-state index >= 15 is 0 Å². The molecule has 2 aromatic heterocycles. The third-order valence-electron chi connectivity index (χ3n) is 3.31. The molecule has 8 heteroatoms. The first-order valence-electron chi connectivity index (χ1n) is 6.78. The Balaban J connectivity index is 1.77. The fourth-order valence-electron chi connectivity index (χ4n) is 2.09. The van der Waals surface area contributed by atoms with Crippen LogP contribution in [-0.4, -0.2) is 24.2 Å². The summed E-state index contributed by atoms with van der Waals surface area (Å²) in [6.07, 6.45) is 5.41. The lowest BCUT2D eigenvalue weighted by Crippen LogP contribution is -2.15. The van der Waals surface area contributed by atoms with Crippen LogP contribution >= 0.6 is 0 Å². The molecule has 1 fully saturated rings. The van der Waals surface area contributed by atoms with E-state index in [0.29, 0.717) is 29.8 Å². The van der Waals surface area contributed by atoms with Gasteiger partial charge in [-0.1, -0.05) is 0 Å². The minimum atomic E-state index is -3.66. The van der Waals surface area contributed by atoms with E-state index in [1.165, 1.54) is 23.7 Å². The molecule has 2 N–H and O–H groups in total. The van der Waals surface area contributed by atoms with Crippen molar-refractivity contribution >= 4 is 15.7 Å². The molecule has 114 valence electrons. The predicted molar refractivity (Wildman–Crippen MR) is 77.3 cm³/mol. The van der Waals surface area contributed by atoms with Gasteiger partial charge in [-0.3, -0.25) is 9.40 Å². The molecular formula is C13H18N4O3S. The summed E-state index contributed by atoms with van der Waals surface area (Å²) < 4.78 is 34.3. The van der Waals surface area contributed by atoms with Gasteiger partial charge in [-0.15, -0.1) is 0 Å². The molecule has 0 amide bonds. The van der Waals surface area contributed by atoms with E-state index in [-0.39, 0.29) is 4.90 Å². The molecule has 1 aliphatic rings. The Morgan fingerprint density at radius 1 is 1.48 bits per heavy atom. The molecule has 2 heterocycles. The van der Waals surface area contributed by atoms with Gasteiger partial charge in [0.2, 0.25) is 0 Å². The largest absolute Gasteiger partial charge is 0.464 e. The monoisotopic (exact) mass is 310 g/mol. The summed E-state index contributed by atoms with van der Waals surface area (Å²) in [5.74, 6) is 1.02. The Morgan fingerprint density at radius 3 is 2.86 bits per heavy atom. The van der Waals surface area contributed by atoms with Crippen LogP contribution in [0.25, 0.3) is 0 Å². The average Bonchev–Trinajstić information content (AvgIpc) is 3.03. The summed E-state index contributed by atoms with van der Waals surface area (Å²) in [6.45, 7) is 2.20. The van der Waals surface area contributed by atoms with Gasteiger partial charge in [0.1, 0.15) is 16.4 Å². The Morgan fingerprint density at radius 2 is 2.24 bits per heavy atom. The van der Waals surface area contributed by atoms with Gasteiger partial charge in [0.05, 0.1) is 18.4 Å². The van der Waals surface area contributed by atoms with Crippen LogP contribution in [0, 0.1) is 6.92 Å². The number of furan rings is 1. The fourth-order valence-corrected chi connectivity index (χ4v) is 3.33. The van der Waals surface area contributed by atoms with Crippen LogP contribution in [0.1, 0.15) is 24.4 Å². The number of sulfonamides is 1. The molecule has 0 saturated heterocycles. The van der Waals surface area contributed by atoms with Crippen molar-refractivity contribution in [3.63, 3.8) is 0 Å². The molecule has 0 aliphatic heterocycles. The van der Waals surface area contributed by atoms with Crippen molar-refractivity contribution < 1.29 is 12.8 Å². The molecule has 0 aromatic carbocycles. The van der Waals surface area contributed by atoms with Crippen LogP contribution < -0.4 is 10.0 Å². The van der Waals surface area contributed by atoms with E-state index in [0.717, 1.165) is 0 Å². The highest BCUT2D eigenvalue weighted by Crippen LogP contribution is 2.24. The van der Waals surface area contributed by atoms with Crippen LogP contribution in [0.4, 0.5) is 5.69 Å². The average molecular weight is 310 g/mol. The summed E-state index contributed by atoms with van der Waals surface area (Å²) in [5.41, 5.74) is 0.427. The topological polar surface area (TPSA) is 89.2 Å². The molecular weight excluding hydrogens is 292 g/mol. The predicted octanol–water partition coefficient (Wildman–Crippen LogP) is 1.37. The zero-order valence-electron chi connectivity index (χ0n) is 12.0. The summed E-state index contributed by atoms with van der Waals surface area (Å²) in [5, 5.41) is 7.23. The number of rotatable bonds is 6. The molecule has 0 unspecified atom stereocenters. The molecule has 2 aromatic rings. The minimum Gasteiger partial charge on any atom is -0.464 e. The van der Waals surface area contributed by atoms with Gasteiger partial charge >= 0.3 is 0 Å². The second-order valence-electron chi connectivity index (χ2n) is 5.30. The van der Waals surface area contributed by atoms with Gasteiger partial charge < -0.3 is 9.73 Å². The van der Waals surface area contributed by atoms with Gasteiger partial charge in [-0.25, -0.2) is 8.42 Å². The summed E-state index contributed by atoms with van der Waals surface area (Å²) in [7, 11) is -1.93. The highest BCUT2D eigenvalue weighted by molar-refractivity contribution is 7.92. The first-order valence-corrected chi connectivity index (χ1v) is 8.26. The first kappa shape index (κ1) is 14.2. The van der Waals surface area contributed by atoms with E-state index in [1.807, 2.05) is 0 Å². The van der Waals surface area contributed by atoms with E-state index < -0.39 is 10.0 Å². The first-order chi connectivity index (χ1) is 9.94. The summed E-state index contributed by atoms with van der Waals surface area (Å²) >= 11 is 0. The highest BCUT2D eigenvalue weighted by atomic mass is 32.2. The van der Waals surface area contributed by atoms with Crippen molar-refractivity contribution in [2.75, 3.05) is 4.72 Å². The van der Waals surface area contributed by atoms with E-state index in [4.69, 9.17) is 4.42 Å². The van der Waals surface area contributed by atoms with Crippen molar-refractivity contribution in [2.24, 2.45) is 7.05 Å². The normalized spacial score (nSPS) is 15.3. The van der Waals surface area contributed by atoms with Crippen molar-refractivity contribution in [2.45, 2.75) is 37.2 Å². The van der Waals surface area contributed by atoms with E-state index in [1.54, 1.807) is 26.2 Å². The molecule has 0 radical (unpaired) electrons. The number of nitrogens with zero attached hydrogens (tertiary/aromatic N) is 2. The number of anilines is 1. The molecule has 0 spiro atoms. The molecule has 3 rings (SSSR count). The highest BCUT2D eigenvalue weighted by Gasteiger charge is 2.24. The number of hydrogen-bond donors (Lipinski definition) is 2. The van der Waals surface area contributed by atoms with Crippen LogP contribution in [0.2, 0.25) is 0 Å². The number of aromatic nitrogens is 2. The SMILES string of the molecule is Cc1oc(CNC2CC2)cc1S(=O)(=O)Nc1cnn(C)c1. The third kappa shape index (κ3) is 3.27. The van der Waals surface area contributed by atoms with Gasteiger partial charge in [-0.2, -0.15) is 5.10 Å². The van der Waals surface area contributed by atoms with Gasteiger partial charge in [0.25, 0.3) is 10.0 Å². The van der Waals surface area contributed by atoms with Crippen molar-refractivity contribution in [1.82, 2.24) is 15.1 Å². The fraction of sp³-hybridized carbons (Fsp3) is 0.462. The van der Waals surface area contributed by atoms with E-state index in [9.17, 15) is 8.42 Å². The van der Waals surface area contributed by atoms with Crippen molar-refractivity contribution in [1.29, 1.82) is 0 Å². The van der Waals surface area contributed by atoms with Crippen LogP contribution in [-0.2, 0) is 23.6 Å². The smallest absolute Gasteiger partial charge is 0.265 e. The summed E-state index contributed by atoms with van der Waals surface area (Å²) in [4.78, 5) is 0.166. The molecule has 1 aliphatic carbocycles. The van der Waals surface area contributed by atoms with Crippen LogP contribution in [0.3, 0.4) is 0 Å². The van der Waals surface area contributed by atoms with Crippen LogP contribution in [0.5, 0.6) is 0 Å². The summed E-state index contributed by atoms with van der Waals surface area (Å²) in [6, 6.07) is 2.12. The second-order valence-corrected chi connectivity index (χ2v) is 6.95. The molecule has 21 heavy (non-hydrogen) atoms. The lowest BCUT2D eigenvalue weighted by molar-refractivity contribution is 0.456. The maximum absolute atomic E-state index is 12.4. The standard InChI is InChI=1S/C13H18N4O3S/c1-9-13(5-12(20-9)7-14-10-3-4-10)21(18,19)16-11-6-15-17(2)8-11/h5-6,8,10,14,16H,3-4,7H2,1-2H3. The minimum absolute atomic E-state index is 0.166. The Hall–Kier alpha value is -1.80. The molecule has 0 bridgehead atoms. The third-order valence-corrected chi connectivity index (χ3v) is 4.80. The van der Waals surface area contributed by atoms with Gasteiger partial charge in [0, 0.05) is 25.4 Å². The van der Waals surface area contributed by atoms with Gasteiger partial charge in [0.15, 0.2) is 0 Å².